The Balaban J connectivity index is 1.44. The molecule has 35 heavy (non-hydrogen) atoms. The molecule has 3 heterocycles. The molecule has 2 aromatic carbocycles. The normalized spacial score (nSPS) is 15.7. The SMILES string of the molecule is CC1=C(C(=O)NCc2cn(C)cn2)C(c2ccccc2Cl)N=C(Nc2nc3ccc(C)cc3o2)N1. The summed E-state index contributed by atoms with van der Waals surface area (Å²) in [5.74, 6) is 0.141. The Kier molecular flexibility index (Phi) is 6.00. The number of allylic oxidation sites excluding steroid dienone is 1. The van der Waals surface area contributed by atoms with E-state index in [-0.39, 0.29) is 5.91 Å². The first-order chi connectivity index (χ1) is 16.9. The van der Waals surface area contributed by atoms with Crippen molar-refractivity contribution < 1.29 is 9.21 Å². The third-order valence-corrected chi connectivity index (χ3v) is 5.99. The van der Waals surface area contributed by atoms with E-state index in [9.17, 15) is 4.79 Å². The molecule has 0 bridgehead atoms. The number of hydrogen-bond acceptors (Lipinski definition) is 7. The lowest BCUT2D eigenvalue weighted by Crippen LogP contribution is -2.39. The quantitative estimate of drug-likeness (QED) is 0.387. The number of nitrogens with one attached hydrogen (secondary N) is 3. The summed E-state index contributed by atoms with van der Waals surface area (Å²) in [6, 6.07) is 12.8. The minimum Gasteiger partial charge on any atom is -0.423 e. The van der Waals surface area contributed by atoms with Crippen molar-refractivity contribution in [3.8, 4) is 0 Å². The van der Waals surface area contributed by atoms with Crippen LogP contribution < -0.4 is 16.0 Å². The zero-order chi connectivity index (χ0) is 24.5. The summed E-state index contributed by atoms with van der Waals surface area (Å²) in [7, 11) is 1.88. The highest BCUT2D eigenvalue weighted by Gasteiger charge is 2.31. The number of imidazole rings is 1. The Bertz CT molecular complexity index is 1480. The van der Waals surface area contributed by atoms with Crippen LogP contribution in [0.1, 0.15) is 29.8 Å². The number of halogens is 1. The number of amides is 1. The van der Waals surface area contributed by atoms with Gasteiger partial charge in [0.1, 0.15) is 11.6 Å². The van der Waals surface area contributed by atoms with E-state index in [1.54, 1.807) is 12.4 Å². The molecular weight excluding hydrogens is 466 g/mol. The number of carbonyl (C=O) groups excluding carboxylic acids is 1. The Morgan fingerprint density at radius 3 is 2.83 bits per heavy atom. The molecule has 1 aliphatic heterocycles. The molecule has 3 N–H and O–H groups in total. The van der Waals surface area contributed by atoms with Crippen molar-refractivity contribution >= 4 is 40.6 Å². The minimum absolute atomic E-state index is 0.259. The monoisotopic (exact) mass is 489 g/mol. The van der Waals surface area contributed by atoms with E-state index in [0.717, 1.165) is 16.8 Å². The van der Waals surface area contributed by atoms with Crippen LogP contribution in [-0.4, -0.2) is 26.4 Å². The molecule has 0 fully saturated rings. The lowest BCUT2D eigenvalue weighted by Gasteiger charge is -2.27. The number of oxazole rings is 1. The summed E-state index contributed by atoms with van der Waals surface area (Å²) in [6.07, 6.45) is 3.55. The summed E-state index contributed by atoms with van der Waals surface area (Å²) in [5.41, 5.74) is 5.06. The van der Waals surface area contributed by atoms with E-state index in [1.807, 2.05) is 68.1 Å². The molecule has 0 radical (unpaired) electrons. The van der Waals surface area contributed by atoms with Gasteiger partial charge in [0.25, 0.3) is 5.91 Å². The number of anilines is 1. The molecule has 1 aliphatic rings. The van der Waals surface area contributed by atoms with Crippen molar-refractivity contribution in [1.29, 1.82) is 0 Å². The molecule has 2 aromatic heterocycles. The highest BCUT2D eigenvalue weighted by molar-refractivity contribution is 6.31. The van der Waals surface area contributed by atoms with E-state index < -0.39 is 6.04 Å². The lowest BCUT2D eigenvalue weighted by atomic mass is 9.95. The van der Waals surface area contributed by atoms with Gasteiger partial charge in [-0.05, 0) is 37.6 Å². The van der Waals surface area contributed by atoms with Crippen molar-refractivity contribution in [3.63, 3.8) is 0 Å². The zero-order valence-electron chi connectivity index (χ0n) is 19.5. The van der Waals surface area contributed by atoms with Crippen LogP contribution in [0.5, 0.6) is 0 Å². The van der Waals surface area contributed by atoms with Crippen LogP contribution in [0.15, 0.2) is 75.7 Å². The molecule has 4 aromatic rings. The van der Waals surface area contributed by atoms with Gasteiger partial charge in [-0.1, -0.05) is 35.9 Å². The van der Waals surface area contributed by atoms with Crippen LogP contribution in [0.25, 0.3) is 11.1 Å². The zero-order valence-corrected chi connectivity index (χ0v) is 20.2. The van der Waals surface area contributed by atoms with Crippen LogP contribution in [0.2, 0.25) is 5.02 Å². The van der Waals surface area contributed by atoms with Gasteiger partial charge in [0.2, 0.25) is 5.96 Å². The Labute approximate surface area is 206 Å². The molecule has 1 atom stereocenters. The van der Waals surface area contributed by atoms with Gasteiger partial charge in [0.05, 0.1) is 24.1 Å². The maximum atomic E-state index is 13.3. The number of aryl methyl sites for hydroxylation is 2. The first kappa shape index (κ1) is 22.7. The van der Waals surface area contributed by atoms with Crippen molar-refractivity contribution in [3.05, 3.63) is 88.1 Å². The smallest absolute Gasteiger partial charge is 0.302 e. The average molecular weight is 490 g/mol. The number of aliphatic imine (C=N–C) groups is 1. The maximum Gasteiger partial charge on any atom is 0.302 e. The predicted molar refractivity (Wildman–Crippen MR) is 135 cm³/mol. The molecule has 1 amide bonds. The number of fused-ring (bicyclic) bond motifs is 1. The van der Waals surface area contributed by atoms with Gasteiger partial charge in [0, 0.05) is 29.5 Å². The molecule has 0 aliphatic carbocycles. The van der Waals surface area contributed by atoms with E-state index in [1.165, 1.54) is 0 Å². The Morgan fingerprint density at radius 1 is 1.23 bits per heavy atom. The van der Waals surface area contributed by atoms with Gasteiger partial charge < -0.3 is 19.6 Å². The third-order valence-electron chi connectivity index (χ3n) is 5.64. The highest BCUT2D eigenvalue weighted by atomic mass is 35.5. The lowest BCUT2D eigenvalue weighted by molar-refractivity contribution is -0.118. The molecule has 0 spiro atoms. The van der Waals surface area contributed by atoms with E-state index >= 15 is 0 Å². The fourth-order valence-electron chi connectivity index (χ4n) is 3.97. The van der Waals surface area contributed by atoms with Crippen LogP contribution in [0.3, 0.4) is 0 Å². The predicted octanol–water partition coefficient (Wildman–Crippen LogP) is 4.23. The average Bonchev–Trinajstić information content (AvgIpc) is 3.42. The summed E-state index contributed by atoms with van der Waals surface area (Å²) in [4.78, 5) is 26.8. The third kappa shape index (κ3) is 4.76. The number of hydrogen-bond donors (Lipinski definition) is 3. The standard InChI is InChI=1S/C25H24ClN7O2/c1-14-8-9-19-20(10-14)35-25(30-19)32-24-29-15(2)21(22(31-24)17-6-4-5-7-18(17)26)23(34)27-11-16-12-33(3)13-28-16/h4-10,12-13,22H,11H2,1-3H3,(H,27,34)(H2,29,30,31,32). The second kappa shape index (κ2) is 9.27. The minimum atomic E-state index is -0.636. The van der Waals surface area contributed by atoms with Gasteiger partial charge >= 0.3 is 6.01 Å². The Morgan fingerprint density at radius 2 is 2.06 bits per heavy atom. The maximum absolute atomic E-state index is 13.3. The summed E-state index contributed by atoms with van der Waals surface area (Å²) in [5, 5.41) is 9.73. The van der Waals surface area contributed by atoms with E-state index in [4.69, 9.17) is 21.0 Å². The Hall–Kier alpha value is -4.11. The van der Waals surface area contributed by atoms with E-state index in [0.29, 0.717) is 46.0 Å². The number of rotatable bonds is 5. The fourth-order valence-corrected chi connectivity index (χ4v) is 4.21. The number of benzene rings is 2. The number of nitrogens with zero attached hydrogens (tertiary/aromatic N) is 4. The second-order valence-electron chi connectivity index (χ2n) is 8.39. The summed E-state index contributed by atoms with van der Waals surface area (Å²) < 4.78 is 7.67. The van der Waals surface area contributed by atoms with E-state index in [2.05, 4.69) is 25.9 Å². The van der Waals surface area contributed by atoms with Gasteiger partial charge in [-0.3, -0.25) is 10.1 Å². The summed E-state index contributed by atoms with van der Waals surface area (Å²) in [6.45, 7) is 4.11. The molecule has 5 rings (SSSR count). The largest absolute Gasteiger partial charge is 0.423 e. The van der Waals surface area contributed by atoms with Crippen LogP contribution in [0, 0.1) is 6.92 Å². The molecule has 0 saturated heterocycles. The topological polar surface area (TPSA) is 109 Å². The van der Waals surface area contributed by atoms with Crippen LogP contribution in [-0.2, 0) is 18.4 Å². The van der Waals surface area contributed by atoms with Gasteiger partial charge in [-0.25, -0.2) is 9.98 Å². The molecule has 9 nitrogen and oxygen atoms in total. The van der Waals surface area contributed by atoms with Gasteiger partial charge in [-0.2, -0.15) is 4.98 Å². The molecular formula is C25H24ClN7O2. The van der Waals surface area contributed by atoms with Crippen molar-refractivity contribution in [2.75, 3.05) is 5.32 Å². The molecule has 10 heteroatoms. The first-order valence-corrected chi connectivity index (χ1v) is 11.4. The first-order valence-electron chi connectivity index (χ1n) is 11.1. The molecule has 0 saturated carbocycles. The highest BCUT2D eigenvalue weighted by Crippen LogP contribution is 2.35. The number of carbonyl (C=O) groups is 1. The second-order valence-corrected chi connectivity index (χ2v) is 8.80. The molecule has 1 unspecified atom stereocenters. The molecule has 178 valence electrons. The number of aromatic nitrogens is 3. The van der Waals surface area contributed by atoms with Gasteiger partial charge in [-0.15, -0.1) is 0 Å². The van der Waals surface area contributed by atoms with Gasteiger partial charge in [0.15, 0.2) is 5.58 Å². The van der Waals surface area contributed by atoms with Crippen LogP contribution >= 0.6 is 11.6 Å². The van der Waals surface area contributed by atoms with Crippen LogP contribution in [0.4, 0.5) is 6.01 Å². The van der Waals surface area contributed by atoms with Crippen molar-refractivity contribution in [2.24, 2.45) is 12.0 Å². The number of guanidine groups is 1. The summed E-state index contributed by atoms with van der Waals surface area (Å²) >= 11 is 6.52. The van der Waals surface area contributed by atoms with Crippen molar-refractivity contribution in [2.45, 2.75) is 26.4 Å². The van der Waals surface area contributed by atoms with Crippen molar-refractivity contribution in [1.82, 2.24) is 25.2 Å². The fraction of sp³-hybridized carbons (Fsp3) is 0.200.